The van der Waals surface area contributed by atoms with E-state index in [9.17, 15) is 8.78 Å². The topological polar surface area (TPSA) is 12.0 Å². The number of rotatable bonds is 1. The van der Waals surface area contributed by atoms with Crippen molar-refractivity contribution >= 4 is 6.08 Å². The van der Waals surface area contributed by atoms with Crippen molar-refractivity contribution in [2.45, 2.75) is 12.8 Å². The third kappa shape index (κ3) is 2.42. The number of hydrogen-bond acceptors (Lipinski definition) is 1. The Morgan fingerprint density at radius 3 is 2.53 bits per heavy atom. The summed E-state index contributed by atoms with van der Waals surface area (Å²) >= 11 is 0. The molecule has 0 saturated carbocycles. The summed E-state index contributed by atoms with van der Waals surface area (Å²) in [6.07, 6.45) is 3.57. The van der Waals surface area contributed by atoms with Crippen molar-refractivity contribution in [3.63, 3.8) is 0 Å². The average Bonchev–Trinajstić information content (AvgIpc) is 2.25. The van der Waals surface area contributed by atoms with Crippen molar-refractivity contribution in [1.82, 2.24) is 5.32 Å². The van der Waals surface area contributed by atoms with Gasteiger partial charge in [0, 0.05) is 12.1 Å². The van der Waals surface area contributed by atoms with Gasteiger partial charge in [0.2, 0.25) is 0 Å². The lowest BCUT2D eigenvalue weighted by atomic mass is 10.0. The van der Waals surface area contributed by atoms with Crippen LogP contribution in [0.5, 0.6) is 0 Å². The second-order valence-electron chi connectivity index (χ2n) is 3.72. The first-order valence-electron chi connectivity index (χ1n) is 5.11. The molecule has 0 atom stereocenters. The lowest BCUT2D eigenvalue weighted by molar-refractivity contribution is 0.576. The summed E-state index contributed by atoms with van der Waals surface area (Å²) in [5.41, 5.74) is 1.14. The molecule has 0 bridgehead atoms. The van der Waals surface area contributed by atoms with E-state index >= 15 is 0 Å². The van der Waals surface area contributed by atoms with Crippen LogP contribution in [-0.2, 0) is 0 Å². The van der Waals surface area contributed by atoms with Crippen molar-refractivity contribution in [3.05, 3.63) is 41.0 Å². The molecule has 0 amide bonds. The summed E-state index contributed by atoms with van der Waals surface area (Å²) in [6, 6.07) is 3.95. The highest BCUT2D eigenvalue weighted by atomic mass is 19.1. The fourth-order valence-corrected chi connectivity index (χ4v) is 1.75. The highest BCUT2D eigenvalue weighted by Crippen LogP contribution is 2.18. The molecule has 1 aromatic carbocycles. The molecule has 1 nitrogen and oxygen atoms in total. The Labute approximate surface area is 87.8 Å². The molecule has 1 aliphatic rings. The van der Waals surface area contributed by atoms with Crippen LogP contribution in [0.1, 0.15) is 18.4 Å². The number of halogens is 2. The monoisotopic (exact) mass is 209 g/mol. The molecule has 0 aromatic heterocycles. The highest BCUT2D eigenvalue weighted by Gasteiger charge is 2.09. The molecule has 2 rings (SSSR count). The Bertz CT molecular complexity index is 357. The van der Waals surface area contributed by atoms with Crippen LogP contribution in [0.2, 0.25) is 0 Å². The van der Waals surface area contributed by atoms with Crippen molar-refractivity contribution in [1.29, 1.82) is 0 Å². The van der Waals surface area contributed by atoms with Crippen molar-refractivity contribution in [2.75, 3.05) is 13.1 Å². The minimum absolute atomic E-state index is 0.0798. The normalized spacial score (nSPS) is 19.5. The summed E-state index contributed by atoms with van der Waals surface area (Å²) in [7, 11) is 0. The van der Waals surface area contributed by atoms with Crippen molar-refractivity contribution in [2.24, 2.45) is 0 Å². The van der Waals surface area contributed by atoms with E-state index in [1.807, 2.05) is 0 Å². The molecule has 1 aliphatic heterocycles. The van der Waals surface area contributed by atoms with Gasteiger partial charge in [0.15, 0.2) is 0 Å². The zero-order chi connectivity index (χ0) is 10.7. The first-order chi connectivity index (χ1) is 7.27. The van der Waals surface area contributed by atoms with Crippen molar-refractivity contribution in [3.8, 4) is 0 Å². The summed E-state index contributed by atoms with van der Waals surface area (Å²) in [5.74, 6) is -0.985. The van der Waals surface area contributed by atoms with Gasteiger partial charge in [-0.2, -0.15) is 0 Å². The smallest absolute Gasteiger partial charge is 0.133 e. The van der Waals surface area contributed by atoms with Crippen LogP contribution in [0, 0.1) is 11.6 Å². The van der Waals surface area contributed by atoms with Gasteiger partial charge < -0.3 is 5.32 Å². The Kier molecular flexibility index (Phi) is 3.11. The maximum Gasteiger partial charge on any atom is 0.133 e. The third-order valence-electron chi connectivity index (χ3n) is 2.55. The molecule has 1 heterocycles. The van der Waals surface area contributed by atoms with Crippen LogP contribution < -0.4 is 5.32 Å². The Hall–Kier alpha value is -1.22. The van der Waals surface area contributed by atoms with Gasteiger partial charge in [-0.1, -0.05) is 11.6 Å². The first kappa shape index (κ1) is 10.3. The minimum Gasteiger partial charge on any atom is -0.313 e. The third-order valence-corrected chi connectivity index (χ3v) is 2.55. The minimum atomic E-state index is -0.493. The van der Waals surface area contributed by atoms with Gasteiger partial charge in [-0.25, -0.2) is 8.78 Å². The largest absolute Gasteiger partial charge is 0.313 e. The Morgan fingerprint density at radius 2 is 1.93 bits per heavy atom. The molecule has 1 N–H and O–H groups in total. The fraction of sp³-hybridized carbons (Fsp3) is 0.333. The maximum absolute atomic E-state index is 13.3. The summed E-state index contributed by atoms with van der Waals surface area (Å²) < 4.78 is 26.6. The van der Waals surface area contributed by atoms with E-state index in [1.165, 1.54) is 18.2 Å². The van der Waals surface area contributed by atoms with Crippen molar-refractivity contribution < 1.29 is 8.78 Å². The molecule has 1 saturated heterocycles. The predicted octanol–water partition coefficient (Wildman–Crippen LogP) is 2.73. The van der Waals surface area contributed by atoms with Gasteiger partial charge in [0.25, 0.3) is 0 Å². The molecule has 0 spiro atoms. The molecule has 3 heteroatoms. The second kappa shape index (κ2) is 4.53. The van der Waals surface area contributed by atoms with Gasteiger partial charge in [-0.3, -0.25) is 0 Å². The van der Waals surface area contributed by atoms with Crippen LogP contribution in [0.4, 0.5) is 8.78 Å². The summed E-state index contributed by atoms with van der Waals surface area (Å²) in [4.78, 5) is 0. The van der Waals surface area contributed by atoms with E-state index in [4.69, 9.17) is 0 Å². The van der Waals surface area contributed by atoms with Crippen LogP contribution >= 0.6 is 0 Å². The zero-order valence-electron chi connectivity index (χ0n) is 8.39. The van der Waals surface area contributed by atoms with Crippen LogP contribution in [-0.4, -0.2) is 13.1 Å². The number of piperidine rings is 1. The van der Waals surface area contributed by atoms with E-state index in [0.717, 1.165) is 31.5 Å². The SMILES string of the molecule is Fc1cccc(F)c1/C=C1/CCCNC1. The molecule has 15 heavy (non-hydrogen) atoms. The summed E-state index contributed by atoms with van der Waals surface area (Å²) in [6.45, 7) is 1.71. The quantitative estimate of drug-likeness (QED) is 0.749. The zero-order valence-corrected chi connectivity index (χ0v) is 8.39. The standard InChI is InChI=1S/C12H13F2N/c13-11-4-1-5-12(14)10(11)7-9-3-2-6-15-8-9/h1,4-5,7,15H,2-3,6,8H2/b9-7-. The second-order valence-corrected chi connectivity index (χ2v) is 3.72. The van der Waals surface area contributed by atoms with Gasteiger partial charge >= 0.3 is 0 Å². The fourth-order valence-electron chi connectivity index (χ4n) is 1.75. The van der Waals surface area contributed by atoms with Crippen LogP contribution in [0.25, 0.3) is 6.08 Å². The molecular formula is C12H13F2N. The molecule has 1 fully saturated rings. The predicted molar refractivity (Wildman–Crippen MR) is 56.4 cm³/mol. The van der Waals surface area contributed by atoms with E-state index in [-0.39, 0.29) is 5.56 Å². The molecule has 0 radical (unpaired) electrons. The molecular weight excluding hydrogens is 196 g/mol. The molecule has 80 valence electrons. The van der Waals surface area contributed by atoms with E-state index in [2.05, 4.69) is 5.32 Å². The van der Waals surface area contributed by atoms with Gasteiger partial charge in [-0.15, -0.1) is 0 Å². The molecule has 1 aromatic rings. The van der Waals surface area contributed by atoms with E-state index in [0.29, 0.717) is 0 Å². The number of hydrogen-bond donors (Lipinski definition) is 1. The first-order valence-corrected chi connectivity index (χ1v) is 5.11. The molecule has 0 aliphatic carbocycles. The summed E-state index contributed by atoms with van der Waals surface area (Å²) in [5, 5.41) is 3.18. The van der Waals surface area contributed by atoms with E-state index in [1.54, 1.807) is 6.08 Å². The maximum atomic E-state index is 13.3. The lowest BCUT2D eigenvalue weighted by Crippen LogP contribution is -2.23. The van der Waals surface area contributed by atoms with Gasteiger partial charge in [0.1, 0.15) is 11.6 Å². The van der Waals surface area contributed by atoms with E-state index < -0.39 is 11.6 Å². The van der Waals surface area contributed by atoms with Gasteiger partial charge in [-0.05, 0) is 37.6 Å². The Morgan fingerprint density at radius 1 is 1.20 bits per heavy atom. The average molecular weight is 209 g/mol. The highest BCUT2D eigenvalue weighted by molar-refractivity contribution is 5.54. The molecule has 0 unspecified atom stereocenters. The van der Waals surface area contributed by atoms with Crippen LogP contribution in [0.3, 0.4) is 0 Å². The van der Waals surface area contributed by atoms with Crippen LogP contribution in [0.15, 0.2) is 23.8 Å². The van der Waals surface area contributed by atoms with Gasteiger partial charge in [0.05, 0.1) is 0 Å². The lowest BCUT2D eigenvalue weighted by Gasteiger charge is -2.15. The number of benzene rings is 1. The Balaban J connectivity index is 2.29. The number of nitrogens with one attached hydrogen (secondary N) is 1.